The summed E-state index contributed by atoms with van der Waals surface area (Å²) in [4.78, 5) is 19.1. The molecule has 2 aliphatic rings. The van der Waals surface area contributed by atoms with Crippen molar-refractivity contribution < 1.29 is 4.79 Å². The van der Waals surface area contributed by atoms with Gasteiger partial charge >= 0.3 is 0 Å². The minimum absolute atomic E-state index is 0.124. The van der Waals surface area contributed by atoms with Gasteiger partial charge in [0.25, 0.3) is 5.91 Å². The monoisotopic (exact) mass is 386 g/mol. The van der Waals surface area contributed by atoms with Crippen LogP contribution in [0.15, 0.2) is 16.7 Å². The molecule has 0 bridgehead atoms. The number of piperidine rings is 1. The van der Waals surface area contributed by atoms with Gasteiger partial charge in [-0.25, -0.2) is 9.40 Å². The Balaban J connectivity index is 1.80. The Morgan fingerprint density at radius 1 is 1.50 bits per heavy atom. The minimum Gasteiger partial charge on any atom is -0.305 e. The second-order valence-electron chi connectivity index (χ2n) is 6.81. The Morgan fingerprint density at radius 3 is 2.82 bits per heavy atom. The van der Waals surface area contributed by atoms with E-state index in [4.69, 9.17) is 11.8 Å². The zero-order valence-electron chi connectivity index (χ0n) is 12.9. The topological polar surface area (TPSA) is 48.5 Å². The highest BCUT2D eigenvalue weighted by Gasteiger charge is 2.58. The average Bonchev–Trinajstić information content (AvgIpc) is 2.96. The van der Waals surface area contributed by atoms with Gasteiger partial charge in [-0.05, 0) is 54.3 Å². The average molecular weight is 388 g/mol. The highest BCUT2D eigenvalue weighted by Crippen LogP contribution is 2.54. The molecule has 1 aromatic rings. The summed E-state index contributed by atoms with van der Waals surface area (Å²) >= 11 is 9.70. The molecule has 2 fully saturated rings. The summed E-state index contributed by atoms with van der Waals surface area (Å²) in [5.41, 5.74) is 1.20. The van der Waals surface area contributed by atoms with Crippen molar-refractivity contribution in [1.82, 2.24) is 15.2 Å². The summed E-state index contributed by atoms with van der Waals surface area (Å²) in [7, 11) is 3.94. The van der Waals surface area contributed by atoms with Crippen molar-refractivity contribution in [2.75, 3.05) is 18.5 Å². The fourth-order valence-corrected chi connectivity index (χ4v) is 3.71. The van der Waals surface area contributed by atoms with Gasteiger partial charge < -0.3 is 10.2 Å². The van der Waals surface area contributed by atoms with E-state index in [1.165, 1.54) is 4.42 Å². The summed E-state index contributed by atoms with van der Waals surface area (Å²) in [6, 6.07) is 4.05. The number of aromatic nitrogens is 1. The second kappa shape index (κ2) is 5.74. The van der Waals surface area contributed by atoms with Gasteiger partial charge in [-0.1, -0.05) is 13.0 Å². The standard InChI is InChI=1S/C15H20BrClN4O/c1-15-6-10(18-11(15)7-15)14(22)21(17)13-9(8-20(2)3)4-5-12(16)19-13/h4-5,10-11,18H,6-8H2,1-3H3/t10-,11+,15-/m0/s1. The van der Waals surface area contributed by atoms with Crippen LogP contribution in [0.5, 0.6) is 0 Å². The third-order valence-electron chi connectivity index (χ3n) is 4.51. The molecule has 120 valence electrons. The molecule has 3 atom stereocenters. The maximum absolute atomic E-state index is 12.7. The van der Waals surface area contributed by atoms with Crippen molar-refractivity contribution in [3.8, 4) is 0 Å². The van der Waals surface area contributed by atoms with Gasteiger partial charge in [-0.2, -0.15) is 0 Å². The zero-order chi connectivity index (χ0) is 16.1. The second-order valence-corrected chi connectivity index (χ2v) is 7.96. The van der Waals surface area contributed by atoms with E-state index in [0.717, 1.165) is 18.4 Å². The number of carbonyl (C=O) groups excluding carboxylic acids is 1. The quantitative estimate of drug-likeness (QED) is 0.637. The number of amides is 1. The van der Waals surface area contributed by atoms with Gasteiger partial charge in [0.15, 0.2) is 5.82 Å². The predicted octanol–water partition coefficient (Wildman–Crippen LogP) is 2.53. The largest absolute Gasteiger partial charge is 0.305 e. The van der Waals surface area contributed by atoms with E-state index in [9.17, 15) is 4.79 Å². The third-order valence-corrected chi connectivity index (χ3v) is 5.28. The number of anilines is 1. The number of carbonyl (C=O) groups is 1. The minimum atomic E-state index is -0.214. The number of halogens is 2. The van der Waals surface area contributed by atoms with Crippen LogP contribution < -0.4 is 9.74 Å². The number of nitrogens with one attached hydrogen (secondary N) is 1. The molecule has 3 rings (SSSR count). The van der Waals surface area contributed by atoms with E-state index < -0.39 is 0 Å². The van der Waals surface area contributed by atoms with Crippen LogP contribution in [-0.2, 0) is 11.3 Å². The van der Waals surface area contributed by atoms with E-state index in [1.54, 1.807) is 0 Å². The lowest BCUT2D eigenvalue weighted by molar-refractivity contribution is -0.119. The molecule has 1 aromatic heterocycles. The van der Waals surface area contributed by atoms with Gasteiger partial charge in [-0.15, -0.1) is 0 Å². The summed E-state index contributed by atoms with van der Waals surface area (Å²) in [6.45, 7) is 2.88. The maximum Gasteiger partial charge on any atom is 0.260 e. The molecule has 1 amide bonds. The van der Waals surface area contributed by atoms with Crippen molar-refractivity contribution in [2.24, 2.45) is 5.41 Å². The van der Waals surface area contributed by atoms with Crippen LogP contribution in [0.25, 0.3) is 0 Å². The zero-order valence-corrected chi connectivity index (χ0v) is 15.3. The Labute approximate surface area is 144 Å². The molecule has 2 heterocycles. The molecule has 1 aliphatic carbocycles. The Kier molecular flexibility index (Phi) is 4.22. The predicted molar refractivity (Wildman–Crippen MR) is 90.7 cm³/mol. The van der Waals surface area contributed by atoms with Crippen molar-refractivity contribution in [3.05, 3.63) is 22.3 Å². The van der Waals surface area contributed by atoms with Crippen LogP contribution in [0.4, 0.5) is 5.82 Å². The van der Waals surface area contributed by atoms with Crippen LogP contribution >= 0.6 is 27.7 Å². The first-order chi connectivity index (χ1) is 10.3. The molecule has 7 heteroatoms. The molecular formula is C15H20BrClN4O. The lowest BCUT2D eigenvalue weighted by Gasteiger charge is -2.22. The van der Waals surface area contributed by atoms with Crippen LogP contribution in [0.2, 0.25) is 0 Å². The smallest absolute Gasteiger partial charge is 0.260 e. The molecule has 0 radical (unpaired) electrons. The summed E-state index contributed by atoms with van der Waals surface area (Å²) in [5.74, 6) is 0.378. The first-order valence-corrected chi connectivity index (χ1v) is 8.49. The Hall–Kier alpha value is -0.690. The fourth-order valence-electron chi connectivity index (χ4n) is 3.15. The highest BCUT2D eigenvalue weighted by atomic mass is 79.9. The van der Waals surface area contributed by atoms with Crippen molar-refractivity contribution in [2.45, 2.75) is 38.4 Å². The van der Waals surface area contributed by atoms with E-state index in [1.807, 2.05) is 31.1 Å². The van der Waals surface area contributed by atoms with Gasteiger partial charge in [0, 0.05) is 29.9 Å². The van der Waals surface area contributed by atoms with Crippen LogP contribution in [-0.4, -0.2) is 42.0 Å². The molecule has 0 spiro atoms. The van der Waals surface area contributed by atoms with E-state index in [2.05, 4.69) is 33.2 Å². The van der Waals surface area contributed by atoms with E-state index >= 15 is 0 Å². The lowest BCUT2D eigenvalue weighted by Crippen LogP contribution is -2.41. The first kappa shape index (κ1) is 16.2. The number of pyridine rings is 1. The number of rotatable bonds is 4. The Morgan fingerprint density at radius 2 is 2.23 bits per heavy atom. The van der Waals surface area contributed by atoms with Gasteiger partial charge in [-0.3, -0.25) is 4.79 Å². The molecular weight excluding hydrogens is 368 g/mol. The first-order valence-electron chi connectivity index (χ1n) is 7.36. The molecule has 0 unspecified atom stereocenters. The SMILES string of the molecule is CN(C)Cc1ccc(Br)nc1N(Cl)C(=O)[C@@H]1C[C@@]2(C)C[C@H]2N1. The van der Waals surface area contributed by atoms with E-state index in [0.29, 0.717) is 23.0 Å². The van der Waals surface area contributed by atoms with Crippen LogP contribution in [0.3, 0.4) is 0 Å². The third kappa shape index (κ3) is 3.02. The number of hydrogen-bond acceptors (Lipinski definition) is 4. The molecule has 1 N–H and O–H groups in total. The molecule has 5 nitrogen and oxygen atoms in total. The van der Waals surface area contributed by atoms with Crippen LogP contribution in [0, 0.1) is 5.41 Å². The normalized spacial score (nSPS) is 29.5. The number of fused-ring (bicyclic) bond motifs is 1. The van der Waals surface area contributed by atoms with Crippen molar-refractivity contribution in [1.29, 1.82) is 0 Å². The molecule has 1 saturated carbocycles. The number of nitrogens with zero attached hydrogens (tertiary/aromatic N) is 3. The van der Waals surface area contributed by atoms with Gasteiger partial charge in [0.1, 0.15) is 4.60 Å². The lowest BCUT2D eigenvalue weighted by atomic mass is 10.0. The molecule has 1 saturated heterocycles. The molecule has 1 aliphatic heterocycles. The maximum atomic E-state index is 12.7. The molecule has 22 heavy (non-hydrogen) atoms. The highest BCUT2D eigenvalue weighted by molar-refractivity contribution is 9.10. The Bertz CT molecular complexity index is 611. The van der Waals surface area contributed by atoms with Crippen molar-refractivity contribution in [3.63, 3.8) is 0 Å². The van der Waals surface area contributed by atoms with Crippen LogP contribution in [0.1, 0.15) is 25.3 Å². The number of hydrogen-bond donors (Lipinski definition) is 1. The van der Waals surface area contributed by atoms with E-state index in [-0.39, 0.29) is 17.4 Å². The van der Waals surface area contributed by atoms with Gasteiger partial charge in [0.05, 0.1) is 6.04 Å². The van der Waals surface area contributed by atoms with Crippen molar-refractivity contribution >= 4 is 39.4 Å². The molecule has 0 aromatic carbocycles. The summed E-state index contributed by atoms with van der Waals surface area (Å²) in [6.07, 6.45) is 2.00. The van der Waals surface area contributed by atoms with Gasteiger partial charge in [0.2, 0.25) is 0 Å². The fraction of sp³-hybridized carbons (Fsp3) is 0.600. The summed E-state index contributed by atoms with van der Waals surface area (Å²) in [5, 5.41) is 3.37. The summed E-state index contributed by atoms with van der Waals surface area (Å²) < 4.78 is 1.84.